The number of hydrogen-bond acceptors (Lipinski definition) is 3. The summed E-state index contributed by atoms with van der Waals surface area (Å²) >= 11 is 0. The summed E-state index contributed by atoms with van der Waals surface area (Å²) in [6.45, 7) is 0. The van der Waals surface area contributed by atoms with Gasteiger partial charge in [0.05, 0.1) is 13.5 Å². The summed E-state index contributed by atoms with van der Waals surface area (Å²) < 4.78 is 18.4. The molecule has 0 unspecified atom stereocenters. The van der Waals surface area contributed by atoms with Gasteiger partial charge in [0.15, 0.2) is 11.6 Å². The Balaban J connectivity index is 0.00000220. The van der Waals surface area contributed by atoms with Gasteiger partial charge in [0.2, 0.25) is 5.91 Å². The molecule has 1 fully saturated rings. The number of carbonyl (C=O) groups excluding carboxylic acids is 1. The Kier molecular flexibility index (Phi) is 6.92. The molecular weight excluding hydrogens is 295 g/mol. The number of nitrogens with one attached hydrogen (secondary N) is 1. The van der Waals surface area contributed by atoms with Crippen molar-refractivity contribution in [2.75, 3.05) is 7.11 Å². The SMILES string of the molecule is COc1ccc(CC(=O)NC2CCC(N)CC2)cc1F.Cl. The third kappa shape index (κ3) is 5.17. The first-order valence-corrected chi connectivity index (χ1v) is 6.96. The molecule has 2 rings (SSSR count). The van der Waals surface area contributed by atoms with Crippen molar-refractivity contribution >= 4 is 18.3 Å². The van der Waals surface area contributed by atoms with Gasteiger partial charge < -0.3 is 15.8 Å². The normalized spacial score (nSPS) is 21.3. The molecule has 21 heavy (non-hydrogen) atoms. The fourth-order valence-electron chi connectivity index (χ4n) is 2.55. The van der Waals surface area contributed by atoms with E-state index in [0.29, 0.717) is 5.56 Å². The van der Waals surface area contributed by atoms with E-state index in [1.165, 1.54) is 19.2 Å². The Hall–Kier alpha value is -1.33. The van der Waals surface area contributed by atoms with Crippen molar-refractivity contribution in [1.82, 2.24) is 5.32 Å². The Morgan fingerprint density at radius 1 is 1.38 bits per heavy atom. The minimum Gasteiger partial charge on any atom is -0.494 e. The summed E-state index contributed by atoms with van der Waals surface area (Å²) in [7, 11) is 1.42. The van der Waals surface area contributed by atoms with E-state index in [-0.39, 0.29) is 42.6 Å². The first kappa shape index (κ1) is 17.7. The van der Waals surface area contributed by atoms with Gasteiger partial charge in [0.25, 0.3) is 0 Å². The molecule has 4 nitrogen and oxygen atoms in total. The molecular formula is C15H22ClFN2O2. The van der Waals surface area contributed by atoms with Crippen LogP contribution in [0.2, 0.25) is 0 Å². The fraction of sp³-hybridized carbons (Fsp3) is 0.533. The first-order chi connectivity index (χ1) is 9.58. The minimum absolute atomic E-state index is 0. The molecule has 6 heteroatoms. The molecule has 0 bridgehead atoms. The second-order valence-electron chi connectivity index (χ2n) is 5.32. The highest BCUT2D eigenvalue weighted by molar-refractivity contribution is 5.85. The average Bonchev–Trinajstić information content (AvgIpc) is 2.41. The number of ether oxygens (including phenoxy) is 1. The molecule has 1 aliphatic carbocycles. The second-order valence-corrected chi connectivity index (χ2v) is 5.32. The quantitative estimate of drug-likeness (QED) is 0.895. The number of nitrogens with two attached hydrogens (primary N) is 1. The lowest BCUT2D eigenvalue weighted by Crippen LogP contribution is -2.41. The van der Waals surface area contributed by atoms with Gasteiger partial charge in [-0.2, -0.15) is 0 Å². The zero-order chi connectivity index (χ0) is 14.5. The molecule has 0 aromatic heterocycles. The molecule has 0 spiro atoms. The summed E-state index contributed by atoms with van der Waals surface area (Å²) in [6, 6.07) is 5.05. The number of carbonyl (C=O) groups is 1. The smallest absolute Gasteiger partial charge is 0.224 e. The number of hydrogen-bond donors (Lipinski definition) is 2. The number of halogens is 2. The lowest BCUT2D eigenvalue weighted by Gasteiger charge is -2.26. The van der Waals surface area contributed by atoms with Crippen LogP contribution in [0.4, 0.5) is 4.39 Å². The summed E-state index contributed by atoms with van der Waals surface area (Å²) in [6.07, 6.45) is 3.92. The van der Waals surface area contributed by atoms with Crippen molar-refractivity contribution < 1.29 is 13.9 Å². The van der Waals surface area contributed by atoms with E-state index in [4.69, 9.17) is 10.5 Å². The zero-order valence-corrected chi connectivity index (χ0v) is 12.9. The summed E-state index contributed by atoms with van der Waals surface area (Å²) in [5.41, 5.74) is 6.48. The van der Waals surface area contributed by atoms with Gasteiger partial charge in [-0.15, -0.1) is 12.4 Å². The van der Waals surface area contributed by atoms with Gasteiger partial charge in [0.1, 0.15) is 0 Å². The molecule has 1 amide bonds. The van der Waals surface area contributed by atoms with Crippen LogP contribution in [0.3, 0.4) is 0 Å². The predicted octanol–water partition coefficient (Wildman–Crippen LogP) is 2.18. The van der Waals surface area contributed by atoms with E-state index >= 15 is 0 Å². The maximum Gasteiger partial charge on any atom is 0.224 e. The molecule has 0 aliphatic heterocycles. The van der Waals surface area contributed by atoms with Crippen LogP contribution in [-0.2, 0) is 11.2 Å². The monoisotopic (exact) mass is 316 g/mol. The average molecular weight is 317 g/mol. The molecule has 1 aliphatic rings. The van der Waals surface area contributed by atoms with E-state index in [9.17, 15) is 9.18 Å². The summed E-state index contributed by atoms with van der Waals surface area (Å²) in [4.78, 5) is 11.9. The van der Waals surface area contributed by atoms with Crippen molar-refractivity contribution in [2.45, 2.75) is 44.2 Å². The molecule has 1 saturated carbocycles. The molecule has 3 N–H and O–H groups in total. The lowest BCUT2D eigenvalue weighted by molar-refractivity contribution is -0.121. The van der Waals surface area contributed by atoms with Crippen LogP contribution in [0.15, 0.2) is 18.2 Å². The van der Waals surface area contributed by atoms with Gasteiger partial charge in [-0.1, -0.05) is 6.07 Å². The number of benzene rings is 1. The molecule has 0 radical (unpaired) electrons. The molecule has 118 valence electrons. The Morgan fingerprint density at radius 3 is 2.62 bits per heavy atom. The van der Waals surface area contributed by atoms with Gasteiger partial charge in [-0.3, -0.25) is 4.79 Å². The maximum absolute atomic E-state index is 13.5. The van der Waals surface area contributed by atoms with Crippen LogP contribution in [-0.4, -0.2) is 25.1 Å². The summed E-state index contributed by atoms with van der Waals surface area (Å²) in [5, 5.41) is 2.99. The molecule has 0 atom stereocenters. The highest BCUT2D eigenvalue weighted by Crippen LogP contribution is 2.19. The van der Waals surface area contributed by atoms with E-state index < -0.39 is 5.82 Å². The van der Waals surface area contributed by atoms with Crippen LogP contribution in [0.25, 0.3) is 0 Å². The highest BCUT2D eigenvalue weighted by atomic mass is 35.5. The Morgan fingerprint density at radius 2 is 2.05 bits per heavy atom. The largest absolute Gasteiger partial charge is 0.494 e. The number of methoxy groups -OCH3 is 1. The topological polar surface area (TPSA) is 64.3 Å². The Bertz CT molecular complexity index is 477. The van der Waals surface area contributed by atoms with E-state index in [1.54, 1.807) is 6.07 Å². The van der Waals surface area contributed by atoms with Crippen LogP contribution in [0, 0.1) is 5.82 Å². The van der Waals surface area contributed by atoms with E-state index in [0.717, 1.165) is 25.7 Å². The molecule has 0 heterocycles. The Labute approximate surface area is 130 Å². The van der Waals surface area contributed by atoms with Gasteiger partial charge >= 0.3 is 0 Å². The predicted molar refractivity (Wildman–Crippen MR) is 82.3 cm³/mol. The fourth-order valence-corrected chi connectivity index (χ4v) is 2.55. The van der Waals surface area contributed by atoms with Crippen molar-refractivity contribution in [2.24, 2.45) is 5.73 Å². The van der Waals surface area contributed by atoms with Gasteiger partial charge in [0, 0.05) is 12.1 Å². The minimum atomic E-state index is -0.443. The molecule has 1 aromatic carbocycles. The van der Waals surface area contributed by atoms with Crippen molar-refractivity contribution in [1.29, 1.82) is 0 Å². The van der Waals surface area contributed by atoms with Crippen LogP contribution >= 0.6 is 12.4 Å². The third-order valence-corrected chi connectivity index (χ3v) is 3.72. The second kappa shape index (κ2) is 8.20. The standard InChI is InChI=1S/C15H21FN2O2.ClH/c1-20-14-7-2-10(8-13(14)16)9-15(19)18-12-5-3-11(17)4-6-12;/h2,7-8,11-12H,3-6,9,17H2,1H3,(H,18,19);1H. The van der Waals surface area contributed by atoms with Gasteiger partial charge in [-0.05, 0) is 43.4 Å². The van der Waals surface area contributed by atoms with Crippen molar-refractivity contribution in [3.63, 3.8) is 0 Å². The maximum atomic E-state index is 13.5. The molecule has 0 saturated heterocycles. The molecule has 1 aromatic rings. The van der Waals surface area contributed by atoms with Crippen LogP contribution in [0.5, 0.6) is 5.75 Å². The number of rotatable bonds is 4. The van der Waals surface area contributed by atoms with Crippen molar-refractivity contribution in [3.05, 3.63) is 29.6 Å². The van der Waals surface area contributed by atoms with Crippen LogP contribution < -0.4 is 15.8 Å². The lowest BCUT2D eigenvalue weighted by atomic mass is 9.91. The summed E-state index contributed by atoms with van der Waals surface area (Å²) in [5.74, 6) is -0.327. The zero-order valence-electron chi connectivity index (χ0n) is 12.1. The van der Waals surface area contributed by atoms with E-state index in [2.05, 4.69) is 5.32 Å². The van der Waals surface area contributed by atoms with Crippen LogP contribution in [0.1, 0.15) is 31.2 Å². The van der Waals surface area contributed by atoms with Crippen molar-refractivity contribution in [3.8, 4) is 5.75 Å². The highest BCUT2D eigenvalue weighted by Gasteiger charge is 2.20. The third-order valence-electron chi connectivity index (χ3n) is 3.72. The van der Waals surface area contributed by atoms with E-state index in [1.807, 2.05) is 0 Å². The first-order valence-electron chi connectivity index (χ1n) is 6.96. The number of amides is 1. The van der Waals surface area contributed by atoms with Gasteiger partial charge in [-0.25, -0.2) is 4.39 Å².